The van der Waals surface area contributed by atoms with Crippen LogP contribution in [0.3, 0.4) is 0 Å². The van der Waals surface area contributed by atoms with Crippen LogP contribution >= 0.6 is 0 Å². The average Bonchev–Trinajstić information content (AvgIpc) is 3.00. The first kappa shape index (κ1) is 13.8. The van der Waals surface area contributed by atoms with Crippen LogP contribution in [0.2, 0.25) is 0 Å². The van der Waals surface area contributed by atoms with E-state index < -0.39 is 0 Å². The zero-order valence-electron chi connectivity index (χ0n) is 11.8. The average molecular weight is 222 g/mol. The third-order valence-corrected chi connectivity index (χ3v) is 3.58. The molecule has 0 radical (unpaired) electrons. The van der Waals surface area contributed by atoms with E-state index in [2.05, 4.69) is 33.8 Å². The third-order valence-electron chi connectivity index (χ3n) is 3.58. The van der Waals surface area contributed by atoms with Gasteiger partial charge in [0.05, 0.1) is 0 Å². The van der Waals surface area contributed by atoms with E-state index in [1.807, 2.05) is 0 Å². The molecule has 1 saturated carbocycles. The summed E-state index contributed by atoms with van der Waals surface area (Å²) in [5, 5.41) is 0. The summed E-state index contributed by atoms with van der Waals surface area (Å²) >= 11 is 0. The normalized spacial score (nSPS) is 19.2. The minimum absolute atomic E-state index is 0.850. The monoisotopic (exact) mass is 222 g/mol. The van der Waals surface area contributed by atoms with E-state index in [9.17, 15) is 0 Å². The van der Waals surface area contributed by atoms with Gasteiger partial charge in [-0.25, -0.2) is 0 Å². The van der Waals surface area contributed by atoms with E-state index in [4.69, 9.17) is 0 Å². The number of allylic oxidation sites excluding steroid dienone is 2. The van der Waals surface area contributed by atoms with Crippen LogP contribution in [0, 0.1) is 17.8 Å². The van der Waals surface area contributed by atoms with E-state index >= 15 is 0 Å². The number of rotatable bonds is 8. The van der Waals surface area contributed by atoms with Crippen LogP contribution in [0.5, 0.6) is 0 Å². The Labute approximate surface area is 103 Å². The molecule has 0 saturated heterocycles. The molecule has 1 atom stereocenters. The zero-order valence-corrected chi connectivity index (χ0v) is 11.8. The highest BCUT2D eigenvalue weighted by molar-refractivity contribution is 5.12. The number of unbranched alkanes of at least 4 members (excludes halogenated alkanes) is 1. The van der Waals surface area contributed by atoms with Crippen molar-refractivity contribution in [3.8, 4) is 0 Å². The van der Waals surface area contributed by atoms with Crippen LogP contribution in [-0.4, -0.2) is 0 Å². The quantitative estimate of drug-likeness (QED) is 0.470. The van der Waals surface area contributed by atoms with Gasteiger partial charge < -0.3 is 0 Å². The summed E-state index contributed by atoms with van der Waals surface area (Å²) in [5.74, 6) is 2.71. The van der Waals surface area contributed by atoms with Crippen LogP contribution in [-0.2, 0) is 0 Å². The van der Waals surface area contributed by atoms with Gasteiger partial charge in [-0.1, -0.05) is 45.8 Å². The summed E-state index contributed by atoms with van der Waals surface area (Å²) in [4.78, 5) is 0. The summed E-state index contributed by atoms with van der Waals surface area (Å²) in [6, 6.07) is 0. The Bertz CT molecular complexity index is 208. The fraction of sp³-hybridized carbons (Fsp3) is 0.875. The standard InChI is InChI=1S/C16H30/c1-5-6-7-15(16-10-11-16)9-8-14(4)12-13(2)3/h9,13-14,16H,5-8,10-12H2,1-4H3. The molecule has 0 nitrogen and oxygen atoms in total. The van der Waals surface area contributed by atoms with Crippen molar-refractivity contribution in [3.05, 3.63) is 11.6 Å². The molecule has 1 aliphatic rings. The largest absolute Gasteiger partial charge is 0.0848 e. The van der Waals surface area contributed by atoms with E-state index in [-0.39, 0.29) is 0 Å². The molecule has 0 aromatic rings. The molecule has 0 spiro atoms. The lowest BCUT2D eigenvalue weighted by molar-refractivity contribution is 0.441. The maximum atomic E-state index is 2.58. The predicted molar refractivity (Wildman–Crippen MR) is 73.6 cm³/mol. The minimum atomic E-state index is 0.850. The number of hydrogen-bond donors (Lipinski definition) is 0. The van der Waals surface area contributed by atoms with Crippen molar-refractivity contribution in [3.63, 3.8) is 0 Å². The molecular formula is C16H30. The molecule has 0 bridgehead atoms. The van der Waals surface area contributed by atoms with Crippen molar-refractivity contribution < 1.29 is 0 Å². The van der Waals surface area contributed by atoms with Gasteiger partial charge in [-0.05, 0) is 56.3 Å². The van der Waals surface area contributed by atoms with Crippen LogP contribution in [0.4, 0.5) is 0 Å². The maximum Gasteiger partial charge on any atom is -0.0203 e. The lowest BCUT2D eigenvalue weighted by atomic mass is 9.93. The summed E-state index contributed by atoms with van der Waals surface area (Å²) in [6.07, 6.45) is 12.3. The van der Waals surface area contributed by atoms with Crippen LogP contribution in [0.1, 0.15) is 72.6 Å². The van der Waals surface area contributed by atoms with Crippen molar-refractivity contribution in [2.75, 3.05) is 0 Å². The molecule has 0 N–H and O–H groups in total. The molecule has 1 aliphatic carbocycles. The molecule has 0 amide bonds. The molecule has 0 heteroatoms. The molecule has 0 aliphatic heterocycles. The smallest absolute Gasteiger partial charge is 0.0203 e. The van der Waals surface area contributed by atoms with E-state index in [1.54, 1.807) is 5.57 Å². The van der Waals surface area contributed by atoms with Crippen molar-refractivity contribution >= 4 is 0 Å². The molecule has 1 unspecified atom stereocenters. The highest BCUT2D eigenvalue weighted by Gasteiger charge is 2.25. The molecule has 94 valence electrons. The van der Waals surface area contributed by atoms with E-state index in [1.165, 1.54) is 44.9 Å². The lowest BCUT2D eigenvalue weighted by Gasteiger charge is -2.13. The summed E-state index contributed by atoms with van der Waals surface area (Å²) in [7, 11) is 0. The van der Waals surface area contributed by atoms with Gasteiger partial charge in [-0.2, -0.15) is 0 Å². The molecule has 16 heavy (non-hydrogen) atoms. The lowest BCUT2D eigenvalue weighted by Crippen LogP contribution is -1.99. The SMILES string of the molecule is CCCCC(=CCC(C)CC(C)C)C1CC1. The highest BCUT2D eigenvalue weighted by Crippen LogP contribution is 2.39. The minimum Gasteiger partial charge on any atom is -0.0848 e. The Morgan fingerprint density at radius 1 is 1.25 bits per heavy atom. The Morgan fingerprint density at radius 2 is 1.94 bits per heavy atom. The molecule has 0 heterocycles. The second-order valence-corrected chi connectivity index (χ2v) is 6.13. The summed E-state index contributed by atoms with van der Waals surface area (Å²) < 4.78 is 0. The first-order chi connectivity index (χ1) is 7.63. The Kier molecular flexibility index (Phi) is 6.16. The van der Waals surface area contributed by atoms with Gasteiger partial charge in [0.2, 0.25) is 0 Å². The molecule has 1 rings (SSSR count). The molecule has 1 fully saturated rings. The van der Waals surface area contributed by atoms with E-state index in [0.717, 1.165) is 17.8 Å². The summed E-state index contributed by atoms with van der Waals surface area (Å²) in [5.41, 5.74) is 1.79. The predicted octanol–water partition coefficient (Wildman–Crippen LogP) is 5.59. The summed E-state index contributed by atoms with van der Waals surface area (Å²) in [6.45, 7) is 9.37. The zero-order chi connectivity index (χ0) is 12.0. The Hall–Kier alpha value is -0.260. The first-order valence-corrected chi connectivity index (χ1v) is 7.32. The van der Waals surface area contributed by atoms with E-state index in [0.29, 0.717) is 0 Å². The van der Waals surface area contributed by atoms with Gasteiger partial charge >= 0.3 is 0 Å². The van der Waals surface area contributed by atoms with Gasteiger partial charge in [-0.15, -0.1) is 0 Å². The first-order valence-electron chi connectivity index (χ1n) is 7.32. The number of hydrogen-bond acceptors (Lipinski definition) is 0. The Balaban J connectivity index is 2.32. The van der Waals surface area contributed by atoms with Gasteiger partial charge in [0.1, 0.15) is 0 Å². The maximum absolute atomic E-state index is 2.58. The fourth-order valence-electron chi connectivity index (χ4n) is 2.56. The van der Waals surface area contributed by atoms with Gasteiger partial charge in [0.25, 0.3) is 0 Å². The van der Waals surface area contributed by atoms with Crippen molar-refractivity contribution in [1.82, 2.24) is 0 Å². The molecular weight excluding hydrogens is 192 g/mol. The Morgan fingerprint density at radius 3 is 2.44 bits per heavy atom. The van der Waals surface area contributed by atoms with Gasteiger partial charge in [-0.3, -0.25) is 0 Å². The van der Waals surface area contributed by atoms with Crippen LogP contribution < -0.4 is 0 Å². The second-order valence-electron chi connectivity index (χ2n) is 6.13. The van der Waals surface area contributed by atoms with Crippen LogP contribution in [0.25, 0.3) is 0 Å². The van der Waals surface area contributed by atoms with Crippen molar-refractivity contribution in [2.24, 2.45) is 17.8 Å². The molecule has 0 aromatic carbocycles. The van der Waals surface area contributed by atoms with Crippen molar-refractivity contribution in [1.29, 1.82) is 0 Å². The van der Waals surface area contributed by atoms with Crippen LogP contribution in [0.15, 0.2) is 11.6 Å². The second kappa shape index (κ2) is 7.14. The third kappa shape index (κ3) is 5.72. The fourth-order valence-corrected chi connectivity index (χ4v) is 2.56. The van der Waals surface area contributed by atoms with Gasteiger partial charge in [0.15, 0.2) is 0 Å². The highest BCUT2D eigenvalue weighted by atomic mass is 14.3. The topological polar surface area (TPSA) is 0 Å². The molecule has 0 aromatic heterocycles. The van der Waals surface area contributed by atoms with Gasteiger partial charge in [0, 0.05) is 0 Å². The van der Waals surface area contributed by atoms with Crippen molar-refractivity contribution in [2.45, 2.75) is 72.6 Å².